The lowest BCUT2D eigenvalue weighted by atomic mass is 9.92. The maximum atomic E-state index is 6.03. The zero-order chi connectivity index (χ0) is 15.2. The zero-order valence-electron chi connectivity index (χ0n) is 12.8. The van der Waals surface area contributed by atoms with Gasteiger partial charge in [-0.25, -0.2) is 0 Å². The summed E-state index contributed by atoms with van der Waals surface area (Å²) in [6.07, 6.45) is 0. The fourth-order valence-corrected chi connectivity index (χ4v) is 2.57. The second-order valence-electron chi connectivity index (χ2n) is 5.50. The summed E-state index contributed by atoms with van der Waals surface area (Å²) in [6.45, 7) is 2.72. The van der Waals surface area contributed by atoms with Crippen molar-refractivity contribution in [3.63, 3.8) is 0 Å². The first-order chi connectivity index (χ1) is 10.8. The molecule has 3 rings (SSSR count). The highest BCUT2D eigenvalue weighted by Crippen LogP contribution is 2.25. The van der Waals surface area contributed by atoms with Crippen molar-refractivity contribution in [1.82, 2.24) is 0 Å². The third kappa shape index (κ3) is 3.56. The lowest BCUT2D eigenvalue weighted by Gasteiger charge is -2.19. The molecule has 0 unspecified atom stereocenters. The van der Waals surface area contributed by atoms with Gasteiger partial charge in [0.05, 0.1) is 6.61 Å². The predicted octanol–water partition coefficient (Wildman–Crippen LogP) is 5.21. The first-order valence-corrected chi connectivity index (χ1v) is 7.62. The number of benzene rings is 3. The summed E-state index contributed by atoms with van der Waals surface area (Å²) in [4.78, 5) is 0. The molecule has 0 heterocycles. The molecule has 3 aromatic rings. The fraction of sp³-hybridized carbons (Fsp3) is 0.143. The summed E-state index contributed by atoms with van der Waals surface area (Å²) in [5.41, 5.74) is 3.80. The van der Waals surface area contributed by atoms with E-state index in [1.165, 1.54) is 16.7 Å². The summed E-state index contributed by atoms with van der Waals surface area (Å²) in [5, 5.41) is 0. The average Bonchev–Trinajstić information content (AvgIpc) is 2.59. The number of ether oxygens (including phenoxy) is 1. The van der Waals surface area contributed by atoms with Crippen LogP contribution in [0.15, 0.2) is 84.9 Å². The molecular formula is C21H20O. The van der Waals surface area contributed by atoms with Crippen LogP contribution in [0.2, 0.25) is 0 Å². The SMILES string of the molecule is Cc1ccc(OCC(c2ccccc2)c2ccccc2)cc1. The Morgan fingerprint density at radius 2 is 1.18 bits per heavy atom. The Hall–Kier alpha value is -2.54. The van der Waals surface area contributed by atoms with Crippen molar-refractivity contribution in [3.05, 3.63) is 102 Å². The smallest absolute Gasteiger partial charge is 0.119 e. The van der Waals surface area contributed by atoms with Crippen molar-refractivity contribution < 1.29 is 4.74 Å². The second kappa shape index (κ2) is 6.95. The van der Waals surface area contributed by atoms with E-state index < -0.39 is 0 Å². The van der Waals surface area contributed by atoms with Gasteiger partial charge in [0.15, 0.2) is 0 Å². The van der Waals surface area contributed by atoms with E-state index in [1.807, 2.05) is 24.3 Å². The van der Waals surface area contributed by atoms with Gasteiger partial charge >= 0.3 is 0 Å². The molecule has 0 fully saturated rings. The normalized spacial score (nSPS) is 10.6. The Bertz CT molecular complexity index is 647. The minimum absolute atomic E-state index is 0.240. The average molecular weight is 288 g/mol. The molecule has 0 aliphatic rings. The monoisotopic (exact) mass is 288 g/mol. The summed E-state index contributed by atoms with van der Waals surface area (Å²) in [5.74, 6) is 1.16. The third-order valence-electron chi connectivity index (χ3n) is 3.84. The van der Waals surface area contributed by atoms with Crippen molar-refractivity contribution >= 4 is 0 Å². The minimum Gasteiger partial charge on any atom is -0.493 e. The van der Waals surface area contributed by atoms with Crippen LogP contribution in [0, 0.1) is 6.92 Å². The molecular weight excluding hydrogens is 268 g/mol. The molecule has 0 aliphatic carbocycles. The van der Waals surface area contributed by atoms with Crippen LogP contribution < -0.4 is 4.74 Å². The van der Waals surface area contributed by atoms with Crippen LogP contribution in [-0.2, 0) is 0 Å². The van der Waals surface area contributed by atoms with Crippen molar-refractivity contribution in [3.8, 4) is 5.75 Å². The van der Waals surface area contributed by atoms with E-state index in [0.717, 1.165) is 5.75 Å². The molecule has 0 saturated heterocycles. The maximum Gasteiger partial charge on any atom is 0.119 e. The molecule has 0 amide bonds. The summed E-state index contributed by atoms with van der Waals surface area (Å²) in [6, 6.07) is 29.3. The quantitative estimate of drug-likeness (QED) is 0.626. The van der Waals surface area contributed by atoms with Crippen LogP contribution in [0.5, 0.6) is 5.75 Å². The Morgan fingerprint density at radius 1 is 0.682 bits per heavy atom. The molecule has 0 aliphatic heterocycles. The molecule has 22 heavy (non-hydrogen) atoms. The molecule has 0 N–H and O–H groups in total. The van der Waals surface area contributed by atoms with Gasteiger partial charge in [-0.2, -0.15) is 0 Å². The Balaban J connectivity index is 1.81. The van der Waals surface area contributed by atoms with Crippen molar-refractivity contribution in [2.75, 3.05) is 6.61 Å². The summed E-state index contributed by atoms with van der Waals surface area (Å²) in [7, 11) is 0. The van der Waals surface area contributed by atoms with E-state index in [-0.39, 0.29) is 5.92 Å². The van der Waals surface area contributed by atoms with Gasteiger partial charge in [-0.15, -0.1) is 0 Å². The van der Waals surface area contributed by atoms with Gasteiger partial charge in [0.25, 0.3) is 0 Å². The highest BCUT2D eigenvalue weighted by atomic mass is 16.5. The van der Waals surface area contributed by atoms with Gasteiger partial charge in [0.2, 0.25) is 0 Å². The van der Waals surface area contributed by atoms with Gasteiger partial charge < -0.3 is 4.74 Å². The molecule has 0 spiro atoms. The van der Waals surface area contributed by atoms with Crippen LogP contribution in [0.25, 0.3) is 0 Å². The molecule has 110 valence electrons. The highest BCUT2D eigenvalue weighted by molar-refractivity contribution is 5.33. The van der Waals surface area contributed by atoms with Crippen molar-refractivity contribution in [1.29, 1.82) is 0 Å². The topological polar surface area (TPSA) is 9.23 Å². The number of aryl methyl sites for hydroxylation is 1. The minimum atomic E-state index is 0.240. The molecule has 0 aromatic heterocycles. The van der Waals surface area contributed by atoms with Gasteiger partial charge in [-0.3, -0.25) is 0 Å². The molecule has 1 nitrogen and oxygen atoms in total. The molecule has 0 atom stereocenters. The second-order valence-corrected chi connectivity index (χ2v) is 5.50. The van der Waals surface area contributed by atoms with E-state index in [9.17, 15) is 0 Å². The van der Waals surface area contributed by atoms with Gasteiger partial charge in [-0.05, 0) is 30.2 Å². The highest BCUT2D eigenvalue weighted by Gasteiger charge is 2.14. The summed E-state index contributed by atoms with van der Waals surface area (Å²) >= 11 is 0. The van der Waals surface area contributed by atoms with E-state index in [2.05, 4.69) is 67.6 Å². The van der Waals surface area contributed by atoms with Crippen LogP contribution in [0.3, 0.4) is 0 Å². The number of hydrogen-bond donors (Lipinski definition) is 0. The van der Waals surface area contributed by atoms with Crippen LogP contribution in [0.4, 0.5) is 0 Å². The van der Waals surface area contributed by atoms with Gasteiger partial charge in [0, 0.05) is 5.92 Å². The predicted molar refractivity (Wildman–Crippen MR) is 91.4 cm³/mol. The van der Waals surface area contributed by atoms with Crippen molar-refractivity contribution in [2.24, 2.45) is 0 Å². The van der Waals surface area contributed by atoms with Gasteiger partial charge in [-0.1, -0.05) is 78.4 Å². The Kier molecular flexibility index (Phi) is 4.55. The third-order valence-corrected chi connectivity index (χ3v) is 3.84. The largest absolute Gasteiger partial charge is 0.493 e. The lowest BCUT2D eigenvalue weighted by Crippen LogP contribution is -2.11. The first kappa shape index (κ1) is 14.4. The Labute approximate surface area is 132 Å². The van der Waals surface area contributed by atoms with Crippen LogP contribution in [0.1, 0.15) is 22.6 Å². The summed E-state index contributed by atoms with van der Waals surface area (Å²) < 4.78 is 6.03. The van der Waals surface area contributed by atoms with Crippen LogP contribution >= 0.6 is 0 Å². The molecule has 3 aromatic carbocycles. The van der Waals surface area contributed by atoms with Gasteiger partial charge in [0.1, 0.15) is 5.75 Å². The van der Waals surface area contributed by atoms with Crippen LogP contribution in [-0.4, -0.2) is 6.61 Å². The fourth-order valence-electron chi connectivity index (χ4n) is 2.57. The van der Waals surface area contributed by atoms with E-state index in [4.69, 9.17) is 4.74 Å². The molecule has 0 radical (unpaired) electrons. The first-order valence-electron chi connectivity index (χ1n) is 7.62. The number of hydrogen-bond acceptors (Lipinski definition) is 1. The molecule has 0 saturated carbocycles. The standard InChI is InChI=1S/C21H20O/c1-17-12-14-20(15-13-17)22-16-21(18-8-4-2-5-9-18)19-10-6-3-7-11-19/h2-15,21H,16H2,1H3. The molecule has 0 bridgehead atoms. The number of rotatable bonds is 5. The zero-order valence-corrected chi connectivity index (χ0v) is 12.8. The maximum absolute atomic E-state index is 6.03. The van der Waals surface area contributed by atoms with E-state index in [1.54, 1.807) is 0 Å². The van der Waals surface area contributed by atoms with E-state index >= 15 is 0 Å². The van der Waals surface area contributed by atoms with E-state index in [0.29, 0.717) is 6.61 Å². The molecule has 1 heteroatoms. The van der Waals surface area contributed by atoms with Crippen molar-refractivity contribution in [2.45, 2.75) is 12.8 Å². The Morgan fingerprint density at radius 3 is 1.68 bits per heavy atom. The lowest BCUT2D eigenvalue weighted by molar-refractivity contribution is 0.303.